The van der Waals surface area contributed by atoms with Gasteiger partial charge in [0.2, 0.25) is 11.8 Å². The normalized spacial score (nSPS) is 16.0. The number of hydrogen-bond acceptors (Lipinski definition) is 9. The predicted molar refractivity (Wildman–Crippen MR) is 156 cm³/mol. The molecule has 214 valence electrons. The lowest BCUT2D eigenvalue weighted by Gasteiger charge is -2.30. The van der Waals surface area contributed by atoms with Crippen LogP contribution in [0.15, 0.2) is 48.5 Å². The van der Waals surface area contributed by atoms with Crippen LogP contribution in [-0.4, -0.2) is 88.9 Å². The number of barbiturate groups is 1. The molecule has 2 unspecified atom stereocenters. The van der Waals surface area contributed by atoms with E-state index in [9.17, 15) is 24.6 Å². The Balaban J connectivity index is 0.000000370. The van der Waals surface area contributed by atoms with E-state index in [1.165, 1.54) is 21.0 Å². The average Bonchev–Trinajstić information content (AvgIpc) is 2.96. The zero-order valence-corrected chi connectivity index (χ0v) is 24.7. The van der Waals surface area contributed by atoms with Crippen molar-refractivity contribution in [2.75, 3.05) is 38.8 Å². The van der Waals surface area contributed by atoms with Crippen LogP contribution < -0.4 is 9.47 Å². The fourth-order valence-corrected chi connectivity index (χ4v) is 3.90. The third kappa shape index (κ3) is 8.63. The molecule has 4 amide bonds. The molecule has 1 heterocycles. The van der Waals surface area contributed by atoms with E-state index in [0.717, 1.165) is 32.4 Å². The van der Waals surface area contributed by atoms with Gasteiger partial charge < -0.3 is 19.7 Å². The van der Waals surface area contributed by atoms with Gasteiger partial charge in [0.25, 0.3) is 0 Å². The molecule has 2 aromatic carbocycles. The molecule has 0 aliphatic carbocycles. The summed E-state index contributed by atoms with van der Waals surface area (Å²) < 4.78 is 11.1. The maximum atomic E-state index is 11.1. The topological polar surface area (TPSA) is 117 Å². The lowest BCUT2D eigenvalue weighted by Crippen LogP contribution is -2.55. The number of amides is 4. The molecule has 1 fully saturated rings. The SMILES string of the molecule is CC(C)(c1ccc(OCC(O)CS)cc1)c1ccc(OCC(O)CS)cc1.CC1C(=O)N(C)C(=O)N(C)C1=O. The standard InChI is InChI=1S/C21H28O4S2.C7H10N2O3/c1-21(2,15-3-7-19(8-4-15)24-11-17(22)13-26)16-5-9-20(10-6-16)25-12-18(23)14-27;1-4-5(10)8(2)7(12)9(3)6(4)11/h3-10,17-18,22-23,26-27H,11-14H2,1-2H3;4H,1-3H3. The van der Waals surface area contributed by atoms with Crippen LogP contribution in [0, 0.1) is 5.92 Å². The highest BCUT2D eigenvalue weighted by Gasteiger charge is 2.39. The van der Waals surface area contributed by atoms with Gasteiger partial charge in [0.15, 0.2) is 0 Å². The minimum atomic E-state index is -0.738. The van der Waals surface area contributed by atoms with Crippen LogP contribution in [0.25, 0.3) is 0 Å². The molecule has 0 aromatic heterocycles. The first-order chi connectivity index (χ1) is 18.3. The largest absolute Gasteiger partial charge is 0.491 e. The number of urea groups is 1. The van der Waals surface area contributed by atoms with E-state index in [-0.39, 0.29) is 18.6 Å². The number of aliphatic hydroxyl groups excluding tert-OH is 2. The zero-order valence-electron chi connectivity index (χ0n) is 22.9. The van der Waals surface area contributed by atoms with Crippen molar-refractivity contribution in [1.82, 2.24) is 9.80 Å². The Morgan fingerprint density at radius 2 is 1.10 bits per heavy atom. The fraction of sp³-hybridized carbons (Fsp3) is 0.464. The average molecular weight is 579 g/mol. The third-order valence-electron chi connectivity index (χ3n) is 6.43. The number of rotatable bonds is 10. The van der Waals surface area contributed by atoms with Crippen molar-refractivity contribution in [3.63, 3.8) is 0 Å². The molecule has 2 atom stereocenters. The van der Waals surface area contributed by atoms with Gasteiger partial charge in [-0.25, -0.2) is 4.79 Å². The van der Waals surface area contributed by atoms with Gasteiger partial charge in [0.1, 0.15) is 30.6 Å². The molecule has 11 heteroatoms. The highest BCUT2D eigenvalue weighted by molar-refractivity contribution is 7.80. The number of carbonyl (C=O) groups is 3. The minimum Gasteiger partial charge on any atom is -0.491 e. The van der Waals surface area contributed by atoms with Crippen molar-refractivity contribution in [3.8, 4) is 11.5 Å². The molecule has 2 aromatic rings. The van der Waals surface area contributed by atoms with Crippen LogP contribution in [0.5, 0.6) is 11.5 Å². The molecule has 0 spiro atoms. The molecule has 1 aliphatic heterocycles. The van der Waals surface area contributed by atoms with Gasteiger partial charge in [-0.3, -0.25) is 19.4 Å². The number of carbonyl (C=O) groups excluding carboxylic acids is 3. The van der Waals surface area contributed by atoms with Crippen molar-refractivity contribution < 1.29 is 34.1 Å². The molecular weight excluding hydrogens is 540 g/mol. The van der Waals surface area contributed by atoms with E-state index in [1.54, 1.807) is 0 Å². The van der Waals surface area contributed by atoms with Gasteiger partial charge in [0.05, 0.1) is 12.2 Å². The Kier molecular flexibility index (Phi) is 12.2. The molecule has 0 bridgehead atoms. The quantitative estimate of drug-likeness (QED) is 0.253. The molecular formula is C28H38N2O7S2. The van der Waals surface area contributed by atoms with Crippen molar-refractivity contribution in [1.29, 1.82) is 0 Å². The summed E-state index contributed by atoms with van der Waals surface area (Å²) in [6.45, 7) is 6.28. The van der Waals surface area contributed by atoms with E-state index in [4.69, 9.17) is 9.47 Å². The summed E-state index contributed by atoms with van der Waals surface area (Å²) in [7, 11) is 2.73. The highest BCUT2D eigenvalue weighted by atomic mass is 32.1. The summed E-state index contributed by atoms with van der Waals surface area (Å²) >= 11 is 8.07. The molecule has 9 nitrogen and oxygen atoms in total. The Morgan fingerprint density at radius 1 is 0.769 bits per heavy atom. The maximum absolute atomic E-state index is 11.1. The van der Waals surface area contributed by atoms with Gasteiger partial charge in [0, 0.05) is 31.0 Å². The number of imide groups is 2. The van der Waals surface area contributed by atoms with Gasteiger partial charge in [-0.15, -0.1) is 0 Å². The lowest BCUT2D eigenvalue weighted by atomic mass is 9.78. The zero-order chi connectivity index (χ0) is 29.3. The summed E-state index contributed by atoms with van der Waals surface area (Å²) in [5.74, 6) is 0.573. The molecule has 3 rings (SSSR count). The van der Waals surface area contributed by atoms with Crippen LogP contribution >= 0.6 is 25.3 Å². The predicted octanol–water partition coefficient (Wildman–Crippen LogP) is 3.02. The molecule has 1 saturated heterocycles. The first-order valence-corrected chi connectivity index (χ1v) is 13.7. The van der Waals surface area contributed by atoms with Gasteiger partial charge in [-0.1, -0.05) is 38.1 Å². The Labute approximate surface area is 240 Å². The van der Waals surface area contributed by atoms with E-state index in [1.807, 2.05) is 48.5 Å². The number of nitrogens with zero attached hydrogens (tertiary/aromatic N) is 2. The fourth-order valence-electron chi connectivity index (χ4n) is 3.69. The Hall–Kier alpha value is -2.73. The first-order valence-electron chi connectivity index (χ1n) is 12.5. The molecule has 0 saturated carbocycles. The highest BCUT2D eigenvalue weighted by Crippen LogP contribution is 2.33. The van der Waals surface area contributed by atoms with E-state index in [0.29, 0.717) is 11.5 Å². The van der Waals surface area contributed by atoms with Crippen LogP contribution in [-0.2, 0) is 15.0 Å². The molecule has 2 N–H and O–H groups in total. The van der Waals surface area contributed by atoms with Crippen LogP contribution in [0.3, 0.4) is 0 Å². The Bertz CT molecular complexity index is 990. The number of aliphatic hydroxyl groups is 2. The van der Waals surface area contributed by atoms with Crippen LogP contribution in [0.1, 0.15) is 31.9 Å². The van der Waals surface area contributed by atoms with Gasteiger partial charge in [-0.05, 0) is 42.3 Å². The summed E-state index contributed by atoms with van der Waals surface area (Å²) in [4.78, 5) is 35.3. The van der Waals surface area contributed by atoms with Crippen LogP contribution in [0.4, 0.5) is 4.79 Å². The summed E-state index contributed by atoms with van der Waals surface area (Å²) in [5.41, 5.74) is 2.12. The first kappa shape index (κ1) is 32.5. The molecule has 0 radical (unpaired) electrons. The second kappa shape index (κ2) is 14.6. The molecule has 39 heavy (non-hydrogen) atoms. The van der Waals surface area contributed by atoms with E-state index >= 15 is 0 Å². The smallest absolute Gasteiger partial charge is 0.332 e. The number of benzene rings is 2. The second-order valence-electron chi connectivity index (χ2n) is 9.77. The summed E-state index contributed by atoms with van der Waals surface area (Å²) in [6.07, 6.45) is -1.14. The maximum Gasteiger partial charge on any atom is 0.332 e. The van der Waals surface area contributed by atoms with Crippen molar-refractivity contribution in [2.45, 2.75) is 38.4 Å². The second-order valence-corrected chi connectivity index (χ2v) is 10.5. The van der Waals surface area contributed by atoms with E-state index < -0.39 is 36.0 Å². The van der Waals surface area contributed by atoms with Crippen molar-refractivity contribution in [3.05, 3.63) is 59.7 Å². The number of hydrogen-bond donors (Lipinski definition) is 4. The van der Waals surface area contributed by atoms with Crippen molar-refractivity contribution >= 4 is 43.1 Å². The van der Waals surface area contributed by atoms with Gasteiger partial charge in [-0.2, -0.15) is 25.3 Å². The molecule has 1 aliphatic rings. The van der Waals surface area contributed by atoms with E-state index in [2.05, 4.69) is 39.1 Å². The summed E-state index contributed by atoms with van der Waals surface area (Å²) in [5, 5.41) is 19.1. The third-order valence-corrected chi connectivity index (χ3v) is 7.28. The minimum absolute atomic E-state index is 0.188. The lowest BCUT2D eigenvalue weighted by molar-refractivity contribution is -0.146. The van der Waals surface area contributed by atoms with Gasteiger partial charge >= 0.3 is 6.03 Å². The number of ether oxygens (including phenoxy) is 2. The number of thiol groups is 2. The van der Waals surface area contributed by atoms with Crippen LogP contribution in [0.2, 0.25) is 0 Å². The summed E-state index contributed by atoms with van der Waals surface area (Å²) in [6, 6.07) is 15.2. The van der Waals surface area contributed by atoms with Crippen molar-refractivity contribution in [2.24, 2.45) is 5.92 Å². The Morgan fingerprint density at radius 3 is 1.41 bits per heavy atom. The monoisotopic (exact) mass is 578 g/mol.